The Morgan fingerprint density at radius 1 is 1.21 bits per heavy atom. The molecule has 0 unspecified atom stereocenters. The summed E-state index contributed by atoms with van der Waals surface area (Å²) in [4.78, 5) is 15.1. The normalized spacial score (nSPS) is 14.5. The maximum Gasteiger partial charge on any atom is 0.407 e. The number of hydrogen-bond donors (Lipinski definition) is 2. The Morgan fingerprint density at radius 2 is 1.92 bits per heavy atom. The topological polar surface area (TPSA) is 54.1 Å². The summed E-state index contributed by atoms with van der Waals surface area (Å²) in [5, 5.41) is 4.17. The summed E-state index contributed by atoms with van der Waals surface area (Å²) in [6.07, 6.45) is 8.66. The van der Waals surface area contributed by atoms with E-state index in [9.17, 15) is 4.79 Å². The van der Waals surface area contributed by atoms with Crippen LogP contribution < -0.4 is 5.32 Å². The Morgan fingerprint density at radius 3 is 2.62 bits per heavy atom. The van der Waals surface area contributed by atoms with Crippen LogP contribution in [0.3, 0.4) is 0 Å². The van der Waals surface area contributed by atoms with Crippen LogP contribution in [0.5, 0.6) is 0 Å². The molecule has 0 radical (unpaired) electrons. The molecule has 24 heavy (non-hydrogen) atoms. The molecule has 0 atom stereocenters. The Hall–Kier alpha value is -1.97. The number of carbonyl (C=O) groups excluding carboxylic acids is 1. The first kappa shape index (κ1) is 16.9. The van der Waals surface area contributed by atoms with Gasteiger partial charge in [0.15, 0.2) is 0 Å². The summed E-state index contributed by atoms with van der Waals surface area (Å²) < 4.78 is 5.25. The second kappa shape index (κ2) is 6.88. The number of alkyl carbamates (subject to hydrolysis) is 1. The second-order valence-electron chi connectivity index (χ2n) is 7.72. The number of H-pyrrole nitrogens is 1. The lowest BCUT2D eigenvalue weighted by Crippen LogP contribution is -2.33. The number of aromatic nitrogens is 1. The third-order valence-corrected chi connectivity index (χ3v) is 4.52. The smallest absolute Gasteiger partial charge is 0.407 e. The van der Waals surface area contributed by atoms with Crippen LogP contribution in [-0.2, 0) is 24.0 Å². The van der Waals surface area contributed by atoms with E-state index in [0.717, 1.165) is 12.8 Å². The minimum absolute atomic E-state index is 0.338. The Labute approximate surface area is 144 Å². The van der Waals surface area contributed by atoms with E-state index in [1.807, 2.05) is 20.8 Å². The van der Waals surface area contributed by atoms with Gasteiger partial charge < -0.3 is 15.0 Å². The Bertz CT molecular complexity index is 725. The van der Waals surface area contributed by atoms with Crippen molar-refractivity contribution in [2.24, 2.45) is 0 Å². The number of nitrogens with one attached hydrogen (secondary N) is 2. The molecule has 1 aromatic heterocycles. The highest BCUT2D eigenvalue weighted by atomic mass is 16.6. The first-order valence-corrected chi connectivity index (χ1v) is 9.01. The molecular weight excluding hydrogens is 300 g/mol. The molecule has 1 aliphatic carbocycles. The van der Waals surface area contributed by atoms with Crippen molar-refractivity contribution in [3.05, 3.63) is 35.0 Å². The molecule has 4 heteroatoms. The third-order valence-electron chi connectivity index (χ3n) is 4.52. The van der Waals surface area contributed by atoms with Gasteiger partial charge in [0.1, 0.15) is 5.60 Å². The largest absolute Gasteiger partial charge is 0.444 e. The van der Waals surface area contributed by atoms with E-state index in [-0.39, 0.29) is 6.09 Å². The van der Waals surface area contributed by atoms with Gasteiger partial charge in [-0.15, -0.1) is 0 Å². The molecule has 2 N–H and O–H groups in total. The van der Waals surface area contributed by atoms with Crippen molar-refractivity contribution in [1.29, 1.82) is 0 Å². The molecular formula is C20H28N2O2. The molecule has 2 aromatic rings. The number of amides is 1. The van der Waals surface area contributed by atoms with Gasteiger partial charge in [0.05, 0.1) is 0 Å². The molecule has 1 amide bonds. The number of carbonyl (C=O) groups is 1. The Kier molecular flexibility index (Phi) is 4.83. The number of fused-ring (bicyclic) bond motifs is 2. The summed E-state index contributed by atoms with van der Waals surface area (Å²) >= 11 is 0. The molecule has 0 aliphatic heterocycles. The number of aromatic amines is 1. The molecule has 0 fully saturated rings. The van der Waals surface area contributed by atoms with E-state index in [1.54, 1.807) is 0 Å². The van der Waals surface area contributed by atoms with Crippen LogP contribution in [0.15, 0.2) is 18.3 Å². The molecule has 0 bridgehead atoms. The van der Waals surface area contributed by atoms with Crippen molar-refractivity contribution in [2.75, 3.05) is 6.54 Å². The number of ether oxygens (including phenoxy) is 1. The average molecular weight is 328 g/mol. The van der Waals surface area contributed by atoms with Crippen LogP contribution >= 0.6 is 0 Å². The lowest BCUT2D eigenvalue weighted by molar-refractivity contribution is 0.0527. The zero-order chi connectivity index (χ0) is 17.2. The number of rotatable bonds is 4. The van der Waals surface area contributed by atoms with Crippen molar-refractivity contribution < 1.29 is 9.53 Å². The van der Waals surface area contributed by atoms with Gasteiger partial charge in [-0.3, -0.25) is 0 Å². The van der Waals surface area contributed by atoms with Crippen molar-refractivity contribution in [1.82, 2.24) is 10.3 Å². The van der Waals surface area contributed by atoms with Gasteiger partial charge in [0.25, 0.3) is 0 Å². The summed E-state index contributed by atoms with van der Waals surface area (Å²) in [7, 11) is 0. The molecule has 1 aliphatic rings. The maximum absolute atomic E-state index is 11.7. The maximum atomic E-state index is 11.7. The first-order chi connectivity index (χ1) is 11.4. The zero-order valence-electron chi connectivity index (χ0n) is 15.0. The van der Waals surface area contributed by atoms with Crippen LogP contribution in [0.1, 0.15) is 56.7 Å². The van der Waals surface area contributed by atoms with E-state index >= 15 is 0 Å². The molecule has 4 nitrogen and oxygen atoms in total. The van der Waals surface area contributed by atoms with E-state index in [2.05, 4.69) is 28.6 Å². The van der Waals surface area contributed by atoms with Gasteiger partial charge in [0, 0.05) is 23.6 Å². The minimum atomic E-state index is -0.444. The van der Waals surface area contributed by atoms with Crippen molar-refractivity contribution in [3.8, 4) is 0 Å². The minimum Gasteiger partial charge on any atom is -0.444 e. The van der Waals surface area contributed by atoms with Crippen LogP contribution in [0, 0.1) is 0 Å². The van der Waals surface area contributed by atoms with E-state index < -0.39 is 5.60 Å². The van der Waals surface area contributed by atoms with E-state index in [0.29, 0.717) is 6.54 Å². The summed E-state index contributed by atoms with van der Waals surface area (Å²) in [5.41, 5.74) is 5.16. The van der Waals surface area contributed by atoms with Gasteiger partial charge in [-0.1, -0.05) is 0 Å². The van der Waals surface area contributed by atoms with Gasteiger partial charge >= 0.3 is 6.09 Å². The van der Waals surface area contributed by atoms with Gasteiger partial charge in [-0.25, -0.2) is 4.79 Å². The fourth-order valence-electron chi connectivity index (χ4n) is 3.40. The van der Waals surface area contributed by atoms with Gasteiger partial charge in [-0.2, -0.15) is 0 Å². The SMILES string of the molecule is CC(C)(C)OC(=O)NCCCc1c[nH]c2cc3c(cc12)CCCC3. The molecule has 0 saturated heterocycles. The van der Waals surface area contributed by atoms with Gasteiger partial charge in [0.2, 0.25) is 0 Å². The standard InChI is InChI=1S/C20H28N2O2/c1-20(2,3)24-19(23)21-10-6-9-16-13-22-18-12-15-8-5-4-7-14(15)11-17(16)18/h11-13,22H,4-10H2,1-3H3,(H,21,23). The van der Waals surface area contributed by atoms with E-state index in [1.165, 1.54) is 53.3 Å². The highest BCUT2D eigenvalue weighted by Gasteiger charge is 2.16. The zero-order valence-corrected chi connectivity index (χ0v) is 15.0. The molecule has 3 rings (SSSR count). The predicted octanol–water partition coefficient (Wildman–Crippen LogP) is 4.50. The summed E-state index contributed by atoms with van der Waals surface area (Å²) in [6.45, 7) is 6.25. The second-order valence-corrected chi connectivity index (χ2v) is 7.72. The number of aryl methyl sites for hydroxylation is 3. The van der Waals surface area contributed by atoms with Gasteiger partial charge in [-0.05, 0) is 88.1 Å². The first-order valence-electron chi connectivity index (χ1n) is 9.01. The fraction of sp³-hybridized carbons (Fsp3) is 0.550. The quantitative estimate of drug-likeness (QED) is 0.812. The van der Waals surface area contributed by atoms with Crippen LogP contribution in [0.2, 0.25) is 0 Å². The van der Waals surface area contributed by atoms with Crippen LogP contribution in [-0.4, -0.2) is 23.2 Å². The Balaban J connectivity index is 1.57. The van der Waals surface area contributed by atoms with Crippen molar-refractivity contribution in [2.45, 2.75) is 64.9 Å². The number of benzene rings is 1. The molecule has 1 heterocycles. The van der Waals surface area contributed by atoms with Crippen LogP contribution in [0.4, 0.5) is 4.79 Å². The molecule has 0 spiro atoms. The molecule has 1 aromatic carbocycles. The van der Waals surface area contributed by atoms with Crippen molar-refractivity contribution >= 4 is 17.0 Å². The summed E-state index contributed by atoms with van der Waals surface area (Å²) in [6, 6.07) is 4.70. The highest BCUT2D eigenvalue weighted by Crippen LogP contribution is 2.28. The lowest BCUT2D eigenvalue weighted by atomic mass is 9.90. The molecule has 0 saturated carbocycles. The average Bonchev–Trinajstić information content (AvgIpc) is 2.90. The van der Waals surface area contributed by atoms with Crippen molar-refractivity contribution in [3.63, 3.8) is 0 Å². The fourth-order valence-corrected chi connectivity index (χ4v) is 3.40. The highest BCUT2D eigenvalue weighted by molar-refractivity contribution is 5.85. The monoisotopic (exact) mass is 328 g/mol. The number of hydrogen-bond acceptors (Lipinski definition) is 2. The van der Waals surface area contributed by atoms with E-state index in [4.69, 9.17) is 4.74 Å². The third kappa shape index (κ3) is 4.11. The predicted molar refractivity (Wildman–Crippen MR) is 97.5 cm³/mol. The molecule has 130 valence electrons. The summed E-state index contributed by atoms with van der Waals surface area (Å²) in [5.74, 6) is 0. The van der Waals surface area contributed by atoms with Crippen LogP contribution in [0.25, 0.3) is 10.9 Å². The lowest BCUT2D eigenvalue weighted by Gasteiger charge is -2.19.